The van der Waals surface area contributed by atoms with Crippen molar-refractivity contribution >= 4 is 28.3 Å². The highest BCUT2D eigenvalue weighted by Crippen LogP contribution is 2.34. The SMILES string of the molecule is CCC(=O)Cn1c(C)c(C(=O)Nc2ccc(Oc3cc(C)nc4cc(OC)ccc34)c(F)c2)c(=O)n1-c1ccccc1. The van der Waals surface area contributed by atoms with Crippen molar-refractivity contribution in [3.8, 4) is 22.9 Å². The molecule has 0 radical (unpaired) electrons. The van der Waals surface area contributed by atoms with Gasteiger partial charge in [-0.2, -0.15) is 0 Å². The maximum absolute atomic E-state index is 15.2. The van der Waals surface area contributed by atoms with Crippen molar-refractivity contribution in [2.75, 3.05) is 12.4 Å². The number of rotatable bonds is 9. The lowest BCUT2D eigenvalue weighted by Gasteiger charge is -2.13. The lowest BCUT2D eigenvalue weighted by molar-refractivity contribution is -0.119. The number of ether oxygens (including phenoxy) is 2. The highest BCUT2D eigenvalue weighted by molar-refractivity contribution is 6.05. The summed E-state index contributed by atoms with van der Waals surface area (Å²) in [4.78, 5) is 43.6. The van der Waals surface area contributed by atoms with Crippen LogP contribution in [0.5, 0.6) is 17.2 Å². The van der Waals surface area contributed by atoms with Gasteiger partial charge >= 0.3 is 0 Å². The number of anilines is 1. The number of para-hydroxylation sites is 1. The van der Waals surface area contributed by atoms with E-state index in [0.29, 0.717) is 39.5 Å². The predicted octanol–water partition coefficient (Wildman–Crippen LogP) is 5.98. The zero-order valence-corrected chi connectivity index (χ0v) is 23.6. The van der Waals surface area contributed by atoms with Crippen LogP contribution in [-0.4, -0.2) is 33.1 Å². The molecule has 10 heteroatoms. The number of fused-ring (bicyclic) bond motifs is 1. The molecule has 5 rings (SSSR count). The molecule has 0 saturated carbocycles. The van der Waals surface area contributed by atoms with Crippen molar-refractivity contribution in [1.82, 2.24) is 14.3 Å². The van der Waals surface area contributed by atoms with Crippen LogP contribution >= 0.6 is 0 Å². The highest BCUT2D eigenvalue weighted by Gasteiger charge is 2.25. The van der Waals surface area contributed by atoms with E-state index in [1.807, 2.05) is 0 Å². The Bertz CT molecular complexity index is 1880. The van der Waals surface area contributed by atoms with E-state index < -0.39 is 17.3 Å². The summed E-state index contributed by atoms with van der Waals surface area (Å²) < 4.78 is 29.2. The molecule has 9 nitrogen and oxygen atoms in total. The molecule has 1 N–H and O–H groups in total. The molecule has 0 aliphatic carbocycles. The molecule has 0 bridgehead atoms. The Labute approximate surface area is 241 Å². The molecular weight excluding hydrogens is 539 g/mol. The third-order valence-corrected chi connectivity index (χ3v) is 6.86. The number of aryl methyl sites for hydroxylation is 1. The predicted molar refractivity (Wildman–Crippen MR) is 158 cm³/mol. The van der Waals surface area contributed by atoms with Crippen LogP contribution in [0.25, 0.3) is 16.6 Å². The van der Waals surface area contributed by atoms with Gasteiger partial charge in [-0.3, -0.25) is 24.0 Å². The molecule has 5 aromatic rings. The van der Waals surface area contributed by atoms with Gasteiger partial charge in [-0.1, -0.05) is 25.1 Å². The minimum Gasteiger partial charge on any atom is -0.497 e. The third-order valence-electron chi connectivity index (χ3n) is 6.86. The normalized spacial score (nSPS) is 11.0. The molecule has 2 heterocycles. The van der Waals surface area contributed by atoms with E-state index in [1.54, 1.807) is 82.5 Å². The number of nitrogens with one attached hydrogen (secondary N) is 1. The number of amides is 1. The highest BCUT2D eigenvalue weighted by atomic mass is 19.1. The second-order valence-corrected chi connectivity index (χ2v) is 9.71. The van der Waals surface area contributed by atoms with Crippen molar-refractivity contribution in [3.05, 3.63) is 106 Å². The Morgan fingerprint density at radius 1 is 0.976 bits per heavy atom. The zero-order valence-electron chi connectivity index (χ0n) is 23.6. The topological polar surface area (TPSA) is 104 Å². The fourth-order valence-electron chi connectivity index (χ4n) is 4.69. The summed E-state index contributed by atoms with van der Waals surface area (Å²) >= 11 is 0. The molecule has 0 aliphatic heterocycles. The van der Waals surface area contributed by atoms with Gasteiger partial charge in [-0.15, -0.1) is 0 Å². The van der Waals surface area contributed by atoms with E-state index in [4.69, 9.17) is 9.47 Å². The molecule has 0 spiro atoms. The van der Waals surface area contributed by atoms with Crippen molar-refractivity contribution in [2.45, 2.75) is 33.7 Å². The monoisotopic (exact) mass is 568 g/mol. The number of hydrogen-bond donors (Lipinski definition) is 1. The van der Waals surface area contributed by atoms with Crippen LogP contribution in [0, 0.1) is 19.7 Å². The summed E-state index contributed by atoms with van der Waals surface area (Å²) in [6.45, 7) is 5.07. The van der Waals surface area contributed by atoms with Crippen LogP contribution in [0.4, 0.5) is 10.1 Å². The summed E-state index contributed by atoms with van der Waals surface area (Å²) in [7, 11) is 1.56. The molecule has 0 fully saturated rings. The van der Waals surface area contributed by atoms with Gasteiger partial charge in [0.05, 0.1) is 30.6 Å². The number of nitrogens with zero attached hydrogens (tertiary/aromatic N) is 3. The molecule has 214 valence electrons. The van der Waals surface area contributed by atoms with Gasteiger partial charge in [0.2, 0.25) is 0 Å². The molecule has 0 unspecified atom stereocenters. The second kappa shape index (κ2) is 11.7. The van der Waals surface area contributed by atoms with Gasteiger partial charge in [0.15, 0.2) is 17.3 Å². The van der Waals surface area contributed by atoms with Gasteiger partial charge in [0, 0.05) is 41.4 Å². The Morgan fingerprint density at radius 3 is 2.43 bits per heavy atom. The molecule has 0 aliphatic rings. The molecule has 2 aromatic heterocycles. The van der Waals surface area contributed by atoms with E-state index in [1.165, 1.54) is 21.5 Å². The van der Waals surface area contributed by atoms with E-state index in [-0.39, 0.29) is 35.7 Å². The smallest absolute Gasteiger partial charge is 0.284 e. The first-order chi connectivity index (χ1) is 20.2. The minimum atomic E-state index is -0.720. The average Bonchev–Trinajstić information content (AvgIpc) is 3.22. The Hall–Kier alpha value is -5.25. The number of methoxy groups -OCH3 is 1. The quantitative estimate of drug-likeness (QED) is 0.235. The number of Topliss-reactive ketones (excluding diaryl/α,β-unsaturated/α-hetero) is 1. The number of carbonyl (C=O) groups excluding carboxylic acids is 2. The number of halogens is 1. The van der Waals surface area contributed by atoms with Crippen LogP contribution in [0.2, 0.25) is 0 Å². The molecule has 0 atom stereocenters. The van der Waals surface area contributed by atoms with Crippen LogP contribution in [0.3, 0.4) is 0 Å². The third kappa shape index (κ3) is 5.51. The van der Waals surface area contributed by atoms with Gasteiger partial charge in [0.25, 0.3) is 11.5 Å². The number of aromatic nitrogens is 3. The maximum atomic E-state index is 15.2. The van der Waals surface area contributed by atoms with Crippen molar-refractivity contribution < 1.29 is 23.5 Å². The van der Waals surface area contributed by atoms with Gasteiger partial charge in [-0.05, 0) is 50.2 Å². The summed E-state index contributed by atoms with van der Waals surface area (Å²) in [5.41, 5.74) is 1.55. The largest absolute Gasteiger partial charge is 0.497 e. The summed E-state index contributed by atoms with van der Waals surface area (Å²) in [6.07, 6.45) is 0.277. The minimum absolute atomic E-state index is 0.0532. The van der Waals surface area contributed by atoms with Crippen LogP contribution < -0.4 is 20.3 Å². The Kier molecular flexibility index (Phi) is 7.88. The Morgan fingerprint density at radius 2 is 1.74 bits per heavy atom. The number of pyridine rings is 1. The second-order valence-electron chi connectivity index (χ2n) is 9.71. The van der Waals surface area contributed by atoms with Crippen LogP contribution in [0.15, 0.2) is 77.6 Å². The standard InChI is InChI=1S/C32H29FN4O5/c1-5-23(38)18-36-20(3)30(32(40)37(36)22-9-7-6-8-10-22)31(39)35-21-11-14-28(26(33)16-21)42-29-15-19(2)34-27-17-24(41-4)12-13-25(27)29/h6-17H,5,18H2,1-4H3,(H,35,39). The lowest BCUT2D eigenvalue weighted by atomic mass is 10.1. The summed E-state index contributed by atoms with van der Waals surface area (Å²) in [6, 6.07) is 19.8. The molecule has 1 amide bonds. The summed E-state index contributed by atoms with van der Waals surface area (Å²) in [5.74, 6) is -0.538. The van der Waals surface area contributed by atoms with E-state index in [2.05, 4.69) is 10.3 Å². The fraction of sp³-hybridized carbons (Fsp3) is 0.188. The first-order valence-corrected chi connectivity index (χ1v) is 13.3. The number of carbonyl (C=O) groups is 2. The Balaban J connectivity index is 1.44. The summed E-state index contributed by atoms with van der Waals surface area (Å²) in [5, 5.41) is 3.29. The van der Waals surface area contributed by atoms with E-state index in [0.717, 1.165) is 6.07 Å². The number of benzene rings is 3. The van der Waals surface area contributed by atoms with Crippen molar-refractivity contribution in [3.63, 3.8) is 0 Å². The van der Waals surface area contributed by atoms with Gasteiger partial charge in [0.1, 0.15) is 17.1 Å². The molecule has 42 heavy (non-hydrogen) atoms. The van der Waals surface area contributed by atoms with Crippen LogP contribution in [-0.2, 0) is 11.3 Å². The molecular formula is C32H29FN4O5. The first-order valence-electron chi connectivity index (χ1n) is 13.3. The fourth-order valence-corrected chi connectivity index (χ4v) is 4.69. The van der Waals surface area contributed by atoms with E-state index >= 15 is 4.39 Å². The molecule has 3 aromatic carbocycles. The lowest BCUT2D eigenvalue weighted by Crippen LogP contribution is -2.27. The van der Waals surface area contributed by atoms with Crippen molar-refractivity contribution in [1.29, 1.82) is 0 Å². The number of hydrogen-bond acceptors (Lipinski definition) is 6. The first kappa shape index (κ1) is 28.3. The van der Waals surface area contributed by atoms with Crippen LogP contribution in [0.1, 0.15) is 35.1 Å². The van der Waals surface area contributed by atoms with Gasteiger partial charge < -0.3 is 14.8 Å². The van der Waals surface area contributed by atoms with E-state index in [9.17, 15) is 14.4 Å². The number of ketones is 1. The average molecular weight is 569 g/mol. The van der Waals surface area contributed by atoms with Gasteiger partial charge in [-0.25, -0.2) is 9.07 Å². The molecule has 0 saturated heterocycles. The van der Waals surface area contributed by atoms with Crippen molar-refractivity contribution in [2.24, 2.45) is 0 Å². The maximum Gasteiger partial charge on any atom is 0.284 e. The zero-order chi connectivity index (χ0) is 30.0.